The lowest BCUT2D eigenvalue weighted by Gasteiger charge is -1.70. The second-order valence-electron chi connectivity index (χ2n) is 0.705. The maximum absolute atomic E-state index is 10.0. The van der Waals surface area contributed by atoms with Crippen LogP contribution in [0, 0.1) is 0 Å². The largest absolute Gasteiger partial charge is 0.311 e. The van der Waals surface area contributed by atoms with Gasteiger partial charge in [0.05, 0.1) is 21.0 Å². The number of carbonyl (C=O) groups is 1. The van der Waals surface area contributed by atoms with Crippen LogP contribution >= 0.6 is 33.3 Å². The van der Waals surface area contributed by atoms with Gasteiger partial charge in [-0.2, -0.15) is 2.55 Å². The Morgan fingerprint density at radius 1 is 2.00 bits per heavy atom. The highest BCUT2D eigenvalue weighted by molar-refractivity contribution is 14.2. The molecular formula is C2H4INO2S. The molecule has 0 saturated carbocycles. The van der Waals surface area contributed by atoms with Gasteiger partial charge in [-0.3, -0.25) is 4.79 Å². The Bertz CT molecular complexity index is 93.7. The molecule has 0 fully saturated rings. The van der Waals surface area contributed by atoms with Crippen molar-refractivity contribution in [2.75, 3.05) is 0 Å². The first-order chi connectivity index (χ1) is 3.27. The number of rotatable bonds is 2. The lowest BCUT2D eigenvalue weighted by molar-refractivity contribution is -0.107. The summed E-state index contributed by atoms with van der Waals surface area (Å²) in [4.78, 5) is 10.0. The van der Waals surface area contributed by atoms with Crippen LogP contribution in [0.15, 0.2) is 2.55 Å². The van der Waals surface area contributed by atoms with Gasteiger partial charge in [0.2, 0.25) is 3.79 Å². The molecule has 0 spiro atoms. The van der Waals surface area contributed by atoms with Crippen molar-refractivity contribution in [3.8, 4) is 0 Å². The SMILES string of the molecule is CC(=O)I=NSO. The zero-order valence-electron chi connectivity index (χ0n) is 3.59. The molecule has 0 aromatic carbocycles. The summed E-state index contributed by atoms with van der Waals surface area (Å²) in [5.74, 6) is 0. The maximum atomic E-state index is 10.0. The third-order valence-corrected chi connectivity index (χ3v) is 2.11. The van der Waals surface area contributed by atoms with Crippen LogP contribution in [0.1, 0.15) is 6.92 Å². The predicted octanol–water partition coefficient (Wildman–Crippen LogP) is 1.81. The Morgan fingerprint density at radius 2 is 2.57 bits per heavy atom. The van der Waals surface area contributed by atoms with Gasteiger partial charge in [-0.25, -0.2) is 0 Å². The second kappa shape index (κ2) is 4.66. The van der Waals surface area contributed by atoms with Gasteiger partial charge in [-0.15, -0.1) is 0 Å². The van der Waals surface area contributed by atoms with E-state index in [-0.39, 0.29) is 3.79 Å². The monoisotopic (exact) mass is 233 g/mol. The average molecular weight is 233 g/mol. The molecule has 0 saturated heterocycles. The van der Waals surface area contributed by atoms with Gasteiger partial charge in [0.15, 0.2) is 0 Å². The Hall–Kier alpha value is 0.510. The fourth-order valence-corrected chi connectivity index (χ4v) is 1.29. The van der Waals surface area contributed by atoms with E-state index in [9.17, 15) is 4.79 Å². The van der Waals surface area contributed by atoms with E-state index in [0.717, 1.165) is 0 Å². The molecule has 0 aliphatic rings. The van der Waals surface area contributed by atoms with Crippen molar-refractivity contribution in [2.45, 2.75) is 6.92 Å². The summed E-state index contributed by atoms with van der Waals surface area (Å²) in [6.45, 7) is 1.47. The van der Waals surface area contributed by atoms with Crippen molar-refractivity contribution in [3.63, 3.8) is 0 Å². The fourth-order valence-electron chi connectivity index (χ4n) is 0.0640. The highest BCUT2D eigenvalue weighted by Gasteiger charge is 1.80. The predicted molar refractivity (Wildman–Crippen MR) is 37.3 cm³/mol. The molecule has 42 valence electrons. The highest BCUT2D eigenvalue weighted by atomic mass is 127. The van der Waals surface area contributed by atoms with E-state index < -0.39 is 21.0 Å². The summed E-state index contributed by atoms with van der Waals surface area (Å²) in [6.07, 6.45) is 0. The van der Waals surface area contributed by atoms with E-state index in [2.05, 4.69) is 2.55 Å². The zero-order valence-corrected chi connectivity index (χ0v) is 6.56. The minimum atomic E-state index is -0.736. The van der Waals surface area contributed by atoms with Crippen LogP contribution in [0.4, 0.5) is 0 Å². The van der Waals surface area contributed by atoms with Gasteiger partial charge in [0, 0.05) is 6.92 Å². The van der Waals surface area contributed by atoms with Crippen LogP contribution in [0.25, 0.3) is 0 Å². The third kappa shape index (κ3) is 6.51. The van der Waals surface area contributed by atoms with E-state index in [1.165, 1.54) is 6.92 Å². The van der Waals surface area contributed by atoms with Crippen LogP contribution < -0.4 is 0 Å². The average Bonchev–Trinajstić information content (AvgIpc) is 1.61. The molecule has 0 aliphatic heterocycles. The quantitative estimate of drug-likeness (QED) is 0.342. The molecule has 0 heterocycles. The van der Waals surface area contributed by atoms with Crippen LogP contribution in [0.5, 0.6) is 0 Å². The number of halogens is 1. The van der Waals surface area contributed by atoms with E-state index in [1.807, 2.05) is 0 Å². The normalized spacial score (nSPS) is 11.1. The number of hydrogen-bond donors (Lipinski definition) is 1. The van der Waals surface area contributed by atoms with Crippen molar-refractivity contribution >= 4 is 37.1 Å². The number of nitrogens with zero attached hydrogens (tertiary/aromatic N) is 1. The summed E-state index contributed by atoms with van der Waals surface area (Å²) < 4.78 is 11.4. The minimum absolute atomic E-state index is 0.0698. The molecule has 0 aliphatic carbocycles. The molecule has 7 heavy (non-hydrogen) atoms. The van der Waals surface area contributed by atoms with Gasteiger partial charge >= 0.3 is 0 Å². The van der Waals surface area contributed by atoms with Crippen LogP contribution in [0.2, 0.25) is 0 Å². The van der Waals surface area contributed by atoms with E-state index in [4.69, 9.17) is 4.55 Å². The van der Waals surface area contributed by atoms with E-state index in [0.29, 0.717) is 12.2 Å². The van der Waals surface area contributed by atoms with Crippen molar-refractivity contribution < 1.29 is 9.35 Å². The molecular weight excluding hydrogens is 229 g/mol. The Kier molecular flexibility index (Phi) is 5.00. The summed E-state index contributed by atoms with van der Waals surface area (Å²) in [5.41, 5.74) is 0. The Balaban J connectivity index is 3.26. The molecule has 0 aromatic heterocycles. The summed E-state index contributed by atoms with van der Waals surface area (Å²) in [5, 5.41) is 0. The third-order valence-electron chi connectivity index (χ3n) is 0.184. The minimum Gasteiger partial charge on any atom is -0.311 e. The number of carbonyl (C=O) groups excluding carboxylic acids is 1. The summed E-state index contributed by atoms with van der Waals surface area (Å²) in [7, 11) is 0. The zero-order chi connectivity index (χ0) is 5.70. The van der Waals surface area contributed by atoms with Crippen LogP contribution in [-0.4, -0.2) is 8.34 Å². The molecule has 3 nitrogen and oxygen atoms in total. The molecule has 0 radical (unpaired) electrons. The number of hydrogen-bond acceptors (Lipinski definition) is 4. The van der Waals surface area contributed by atoms with Crippen LogP contribution in [0.3, 0.4) is 0 Å². The molecule has 0 atom stereocenters. The lowest BCUT2D eigenvalue weighted by Crippen LogP contribution is -1.64. The molecule has 1 N–H and O–H groups in total. The summed E-state index contributed by atoms with van der Waals surface area (Å²) >= 11 is -0.353. The molecule has 0 unspecified atom stereocenters. The van der Waals surface area contributed by atoms with Crippen molar-refractivity contribution in [1.82, 2.24) is 0 Å². The van der Waals surface area contributed by atoms with Crippen molar-refractivity contribution in [2.24, 2.45) is 2.55 Å². The first-order valence-corrected chi connectivity index (χ1v) is 4.20. The topological polar surface area (TPSA) is 49.7 Å². The smallest absolute Gasteiger partial charge is 0.202 e. The summed E-state index contributed by atoms with van der Waals surface area (Å²) in [6, 6.07) is 0. The maximum Gasteiger partial charge on any atom is 0.202 e. The standard InChI is InChI=1S/C2H4INO2S/c1-2(5)3-4-7-6/h6H,1H3. The van der Waals surface area contributed by atoms with Gasteiger partial charge in [0.25, 0.3) is 0 Å². The molecule has 0 bridgehead atoms. The fraction of sp³-hybridized carbons (Fsp3) is 0.500. The highest BCUT2D eigenvalue weighted by Crippen LogP contribution is 2.07. The van der Waals surface area contributed by atoms with Crippen molar-refractivity contribution in [1.29, 1.82) is 0 Å². The molecule has 0 aromatic rings. The Labute approximate surface area is 56.0 Å². The lowest BCUT2D eigenvalue weighted by atomic mass is 11.0. The molecule has 5 heteroatoms. The first kappa shape index (κ1) is 7.51. The van der Waals surface area contributed by atoms with Gasteiger partial charge in [-0.1, -0.05) is 0 Å². The van der Waals surface area contributed by atoms with Gasteiger partial charge in [0.1, 0.15) is 12.2 Å². The molecule has 0 rings (SSSR count). The van der Waals surface area contributed by atoms with E-state index in [1.54, 1.807) is 0 Å². The Morgan fingerprint density at radius 3 is 2.71 bits per heavy atom. The van der Waals surface area contributed by atoms with Gasteiger partial charge in [-0.05, 0) is 0 Å². The van der Waals surface area contributed by atoms with E-state index >= 15 is 0 Å². The van der Waals surface area contributed by atoms with Crippen molar-refractivity contribution in [3.05, 3.63) is 0 Å². The van der Waals surface area contributed by atoms with Crippen LogP contribution in [-0.2, 0) is 4.79 Å². The molecule has 0 amide bonds. The second-order valence-corrected chi connectivity index (χ2v) is 4.19. The van der Waals surface area contributed by atoms with Gasteiger partial charge < -0.3 is 4.55 Å². The first-order valence-electron chi connectivity index (χ1n) is 1.43.